The van der Waals surface area contributed by atoms with Crippen LogP contribution < -0.4 is 50.2 Å². The molecule has 33 heteroatoms. The number of hydrogen-bond acceptors (Lipinski definition) is 21. The van der Waals surface area contributed by atoms with E-state index in [0.717, 1.165) is 110 Å². The predicted molar refractivity (Wildman–Crippen MR) is 362 cm³/mol. The number of nitrogens with one attached hydrogen (secondary N) is 4. The van der Waals surface area contributed by atoms with Gasteiger partial charge in [-0.2, -0.15) is 12.5 Å². The van der Waals surface area contributed by atoms with Crippen molar-refractivity contribution in [3.63, 3.8) is 0 Å². The van der Waals surface area contributed by atoms with Gasteiger partial charge >= 0.3 is 0 Å². The summed E-state index contributed by atoms with van der Waals surface area (Å²) in [7, 11) is -7.51. The number of nitrogens with zero attached hydrogens (tertiary/aromatic N) is 9. The number of hydrogen-bond donors (Lipinski definition) is 6. The second kappa shape index (κ2) is 29.4. The highest BCUT2D eigenvalue weighted by Crippen LogP contribution is 2.39. The van der Waals surface area contributed by atoms with Gasteiger partial charge in [0.05, 0.1) is 59.7 Å². The van der Waals surface area contributed by atoms with E-state index < -0.39 is 30.1 Å². The third-order valence-corrected chi connectivity index (χ3v) is 21.3. The number of fused-ring (bicyclic) bond motifs is 6. The zero-order valence-corrected chi connectivity index (χ0v) is 55.1. The number of rotatable bonds is 9. The molecule has 96 heavy (non-hydrogen) atoms. The van der Waals surface area contributed by atoms with Gasteiger partial charge in [0.15, 0.2) is 25.6 Å². The number of amides is 3. The zero-order valence-electron chi connectivity index (χ0n) is 51.8. The fraction of sp³-hybridized carbons (Fsp3) is 0.270. The number of carboxylic acid groups (broad SMARTS) is 2. The minimum atomic E-state index is -3.97. The van der Waals surface area contributed by atoms with Gasteiger partial charge in [0.25, 0.3) is 60.7 Å². The number of carbonyl (C=O) groups excluding carboxylic acids is 3. The summed E-state index contributed by atoms with van der Waals surface area (Å²) in [6.45, 7) is 9.36. The van der Waals surface area contributed by atoms with E-state index in [1.165, 1.54) is 50.4 Å². The van der Waals surface area contributed by atoms with Gasteiger partial charge in [-0.15, -0.1) is 17.5 Å². The lowest BCUT2D eigenvalue weighted by molar-refractivity contribution is -0.123. The van der Waals surface area contributed by atoms with Gasteiger partial charge in [0, 0.05) is 125 Å². The van der Waals surface area contributed by atoms with Crippen LogP contribution >= 0.6 is 12.4 Å². The molecule has 0 bridgehead atoms. The van der Waals surface area contributed by atoms with Crippen molar-refractivity contribution in [2.45, 2.75) is 14.7 Å². The minimum absolute atomic E-state index is 0. The number of halogens is 1. The summed E-state index contributed by atoms with van der Waals surface area (Å²) in [4.78, 5) is 62.5. The Labute approximate surface area is 557 Å². The molecule has 0 unspecified atom stereocenters. The lowest BCUT2D eigenvalue weighted by Crippen LogP contribution is -2.44. The molecule has 0 radical (unpaired) electrons. The van der Waals surface area contributed by atoms with Gasteiger partial charge in [-0.3, -0.25) is 24.0 Å². The average Bonchev–Trinajstić information content (AvgIpc) is 1.60. The fourth-order valence-corrected chi connectivity index (χ4v) is 15.6. The Morgan fingerprint density at radius 2 is 0.792 bits per heavy atom. The highest BCUT2D eigenvalue weighted by Gasteiger charge is 2.32. The lowest BCUT2D eigenvalue weighted by atomic mass is 10.2. The number of piperazine rings is 3. The van der Waals surface area contributed by atoms with E-state index in [9.17, 15) is 39.6 Å². The maximum Gasteiger partial charge on any atom is 0.290 e. The van der Waals surface area contributed by atoms with Crippen LogP contribution in [-0.2, 0) is 54.0 Å². The largest absolute Gasteiger partial charge is 0.483 e. The van der Waals surface area contributed by atoms with Gasteiger partial charge in [0.1, 0.15) is 17.2 Å². The van der Waals surface area contributed by atoms with Crippen LogP contribution in [0, 0.1) is 0 Å². The number of aromatic nitrogens is 4. The van der Waals surface area contributed by atoms with E-state index in [4.69, 9.17) is 34.0 Å². The second-order valence-corrected chi connectivity index (χ2v) is 27.8. The molecule has 3 aromatic heterocycles. The zero-order chi connectivity index (χ0) is 67.2. The number of anilines is 6. The lowest BCUT2D eigenvalue weighted by Gasteiger charge is -2.33. The SMILES string of the molecule is CN1CCN(c2cn(S(=O)(=O)c3ccc4c(c3)OCC(=O)N4)c3ccccc23)CC1.CN1CCN(c2nn(S(=O)(=O)c3ccc4c(c3)OCC(=O)N4)c3ccccc23)CC1.Cl.O=C1COc2cc(S(=O)(=O)n3cc(N4CCNCC4)c4ccccc43)ccc2N1.O=CO.O=CO. The van der Waals surface area contributed by atoms with E-state index >= 15 is 0 Å². The van der Waals surface area contributed by atoms with E-state index in [-0.39, 0.29) is 77.6 Å². The quantitative estimate of drug-likeness (QED) is 0.106. The normalized spacial score (nSPS) is 16.3. The number of ether oxygens (including phenoxy) is 3. The van der Waals surface area contributed by atoms with E-state index in [0.29, 0.717) is 56.7 Å². The molecule has 6 aliphatic heterocycles. The van der Waals surface area contributed by atoms with Crippen molar-refractivity contribution in [3.8, 4) is 17.2 Å². The van der Waals surface area contributed by atoms with Crippen molar-refractivity contribution in [2.75, 3.05) is 143 Å². The minimum Gasteiger partial charge on any atom is -0.483 e. The summed E-state index contributed by atoms with van der Waals surface area (Å²) in [5.74, 6) is 0.913. The first-order valence-electron chi connectivity index (χ1n) is 29.9. The third-order valence-electron chi connectivity index (χ3n) is 16.4. The molecule has 3 fully saturated rings. The molecule has 29 nitrogen and oxygen atoms in total. The number of likely N-dealkylation sites (N-methyl/N-ethyl adjacent to an activating group) is 2. The summed E-state index contributed by atoms with van der Waals surface area (Å²) < 4.78 is 101. The van der Waals surface area contributed by atoms with E-state index in [1.54, 1.807) is 36.7 Å². The van der Waals surface area contributed by atoms with Crippen molar-refractivity contribution >= 4 is 140 Å². The smallest absolute Gasteiger partial charge is 0.290 e. The standard InChI is InChI=1S/C21H22N4O4S.C20H21N5O4S.C20H20N4O4S.2CH2O2.ClH/c1-23-8-10-24(11-9-23)19-13-25(18-5-3-2-4-16(18)19)30(27,28)15-6-7-17-20(12-15)29-14-21(26)22-17;1-23-8-10-24(11-9-23)20-15-4-2-3-5-17(15)25(22-20)30(27,28)14-6-7-16-18(12-14)29-13-19(26)21-16;25-20-13-28-19-11-14(5-6-16(19)22-20)29(26,27)24-12-18(23-9-7-21-8-10-23)15-3-1-2-4-17(15)24;2*2-1-3;/h2-7,12-13H,8-11,14H2,1H3,(H,22,26);2-7,12H,8-11,13H2,1H3,(H,21,26);1-6,11-12,21H,7-10,13H2,(H,22,25);2*1H,(H,2,3);1H. The Morgan fingerprint density at radius 3 is 1.20 bits per heavy atom. The molecule has 3 amide bonds. The molecular weight excluding hydrogens is 1330 g/mol. The maximum absolute atomic E-state index is 13.5. The molecule has 0 aliphatic carbocycles. The molecule has 3 saturated heterocycles. The number of carbonyl (C=O) groups is 5. The van der Waals surface area contributed by atoms with Gasteiger partial charge in [-0.05, 0) is 74.8 Å². The highest BCUT2D eigenvalue weighted by molar-refractivity contribution is 7.90. The monoisotopic (exact) mass is 1390 g/mol. The Hall–Kier alpha value is -9.96. The molecule has 9 heterocycles. The Morgan fingerprint density at radius 1 is 0.448 bits per heavy atom. The molecule has 6 aliphatic rings. The van der Waals surface area contributed by atoms with E-state index in [2.05, 4.69) is 65.0 Å². The molecule has 0 saturated carbocycles. The first kappa shape index (κ1) is 68.9. The maximum atomic E-state index is 13.5. The molecule has 15 rings (SSSR count). The molecule has 506 valence electrons. The molecule has 0 atom stereocenters. The average molecular weight is 1390 g/mol. The number of benzene rings is 6. The summed E-state index contributed by atoms with van der Waals surface area (Å²) in [5.41, 5.74) is 5.02. The van der Waals surface area contributed by atoms with Gasteiger partial charge in [-0.1, -0.05) is 48.5 Å². The second-order valence-electron chi connectivity index (χ2n) is 22.4. The van der Waals surface area contributed by atoms with Crippen LogP contribution in [0.2, 0.25) is 0 Å². The van der Waals surface area contributed by atoms with Crippen molar-refractivity contribution < 1.29 is 73.6 Å². The first-order valence-corrected chi connectivity index (χ1v) is 34.2. The first-order chi connectivity index (χ1) is 45.7. The third kappa shape index (κ3) is 14.3. The Bertz CT molecular complexity index is 4550. The predicted octanol–water partition coefficient (Wildman–Crippen LogP) is 4.76. The summed E-state index contributed by atoms with van der Waals surface area (Å²) in [6, 6.07) is 35.8. The molecule has 0 spiro atoms. The molecule has 6 N–H and O–H groups in total. The topological polar surface area (TPSA) is 348 Å². The summed E-state index contributed by atoms with van der Waals surface area (Å²) in [5, 5.41) is 32.3. The van der Waals surface area contributed by atoms with Crippen molar-refractivity contribution in [3.05, 3.63) is 140 Å². The van der Waals surface area contributed by atoms with Crippen LogP contribution in [0.15, 0.2) is 154 Å². The summed E-state index contributed by atoms with van der Waals surface area (Å²) in [6.07, 6.45) is 3.42. The van der Waals surface area contributed by atoms with Crippen LogP contribution in [-0.4, -0.2) is 206 Å². The Kier molecular flexibility index (Phi) is 21.1. The summed E-state index contributed by atoms with van der Waals surface area (Å²) >= 11 is 0. The van der Waals surface area contributed by atoms with Crippen molar-refractivity contribution in [1.29, 1.82) is 0 Å². The van der Waals surface area contributed by atoms with Crippen LogP contribution in [0.5, 0.6) is 17.2 Å². The van der Waals surface area contributed by atoms with Crippen LogP contribution in [0.3, 0.4) is 0 Å². The van der Waals surface area contributed by atoms with Crippen LogP contribution in [0.25, 0.3) is 32.7 Å². The van der Waals surface area contributed by atoms with Crippen molar-refractivity contribution in [2.24, 2.45) is 0 Å². The van der Waals surface area contributed by atoms with Crippen LogP contribution in [0.4, 0.5) is 34.3 Å². The Balaban J connectivity index is 0.000000149. The van der Waals surface area contributed by atoms with Gasteiger partial charge < -0.3 is 70.2 Å². The van der Waals surface area contributed by atoms with E-state index in [1.807, 2.05) is 60.7 Å². The van der Waals surface area contributed by atoms with Crippen molar-refractivity contribution in [1.82, 2.24) is 32.2 Å². The fourth-order valence-electron chi connectivity index (χ4n) is 11.6. The number of para-hydroxylation sites is 3. The highest BCUT2D eigenvalue weighted by atomic mass is 35.5. The molecule has 6 aromatic carbocycles. The molecule has 9 aromatic rings. The van der Waals surface area contributed by atoms with Crippen LogP contribution in [0.1, 0.15) is 0 Å². The van der Waals surface area contributed by atoms with Gasteiger partial charge in [0.2, 0.25) is 0 Å². The van der Waals surface area contributed by atoms with Gasteiger partial charge in [-0.25, -0.2) is 24.8 Å². The molecular formula is C63H68ClN13O16S3.